The Balaban J connectivity index is 1.98. The van der Waals surface area contributed by atoms with Crippen molar-refractivity contribution in [3.8, 4) is 0 Å². The molecule has 0 saturated heterocycles. The fourth-order valence-electron chi connectivity index (χ4n) is 2.58. The molecule has 1 amide bonds. The summed E-state index contributed by atoms with van der Waals surface area (Å²) in [7, 11) is 0. The second-order valence-corrected chi connectivity index (χ2v) is 5.91. The van der Waals surface area contributed by atoms with Crippen LogP contribution in [0.15, 0.2) is 18.2 Å². The number of hydrogen-bond donors (Lipinski definition) is 2. The third-order valence-electron chi connectivity index (χ3n) is 4.09. The van der Waals surface area contributed by atoms with Gasteiger partial charge in [0.1, 0.15) is 0 Å². The van der Waals surface area contributed by atoms with Gasteiger partial charge in [-0.15, -0.1) is 0 Å². The van der Waals surface area contributed by atoms with E-state index in [-0.39, 0.29) is 5.91 Å². The lowest BCUT2D eigenvalue weighted by Gasteiger charge is -2.38. The number of carbonyl (C=O) groups excluding carboxylic acids is 1. The standard InChI is InChI=1S/C16H24N2O/c1-4-17-13-6-7-14(12(2)10-13)15(19)18-11-16(3)8-5-9-16/h6-7,10,17H,4-5,8-9,11H2,1-3H3,(H,18,19). The van der Waals surface area contributed by atoms with Crippen molar-refractivity contribution in [1.82, 2.24) is 5.32 Å². The number of carbonyl (C=O) groups is 1. The molecule has 0 spiro atoms. The first-order valence-electron chi connectivity index (χ1n) is 7.17. The van der Waals surface area contributed by atoms with Gasteiger partial charge < -0.3 is 10.6 Å². The monoisotopic (exact) mass is 260 g/mol. The van der Waals surface area contributed by atoms with Gasteiger partial charge in [-0.1, -0.05) is 13.3 Å². The second kappa shape index (κ2) is 5.64. The van der Waals surface area contributed by atoms with E-state index >= 15 is 0 Å². The van der Waals surface area contributed by atoms with E-state index in [4.69, 9.17) is 0 Å². The molecular weight excluding hydrogens is 236 g/mol. The van der Waals surface area contributed by atoms with Crippen molar-refractivity contribution in [3.05, 3.63) is 29.3 Å². The Morgan fingerprint density at radius 2 is 2.11 bits per heavy atom. The summed E-state index contributed by atoms with van der Waals surface area (Å²) in [6.45, 7) is 7.98. The van der Waals surface area contributed by atoms with E-state index in [2.05, 4.69) is 24.5 Å². The van der Waals surface area contributed by atoms with Crippen molar-refractivity contribution in [2.75, 3.05) is 18.4 Å². The van der Waals surface area contributed by atoms with Crippen molar-refractivity contribution < 1.29 is 4.79 Å². The SMILES string of the molecule is CCNc1ccc(C(=O)NCC2(C)CCC2)c(C)c1. The van der Waals surface area contributed by atoms with Gasteiger partial charge in [0.05, 0.1) is 0 Å². The maximum Gasteiger partial charge on any atom is 0.251 e. The molecule has 0 atom stereocenters. The Hall–Kier alpha value is -1.51. The fraction of sp³-hybridized carbons (Fsp3) is 0.562. The van der Waals surface area contributed by atoms with Crippen LogP contribution in [0.2, 0.25) is 0 Å². The van der Waals surface area contributed by atoms with Crippen molar-refractivity contribution >= 4 is 11.6 Å². The van der Waals surface area contributed by atoms with Crippen molar-refractivity contribution in [2.24, 2.45) is 5.41 Å². The number of rotatable bonds is 5. The van der Waals surface area contributed by atoms with Crippen molar-refractivity contribution in [2.45, 2.75) is 40.0 Å². The van der Waals surface area contributed by atoms with E-state index in [1.165, 1.54) is 19.3 Å². The maximum atomic E-state index is 12.2. The van der Waals surface area contributed by atoms with Gasteiger partial charge in [-0.05, 0) is 55.9 Å². The highest BCUT2D eigenvalue weighted by molar-refractivity contribution is 5.96. The zero-order valence-electron chi connectivity index (χ0n) is 12.2. The third-order valence-corrected chi connectivity index (χ3v) is 4.09. The molecule has 3 heteroatoms. The van der Waals surface area contributed by atoms with Gasteiger partial charge in [-0.25, -0.2) is 0 Å². The predicted molar refractivity (Wildman–Crippen MR) is 79.6 cm³/mol. The van der Waals surface area contributed by atoms with Crippen LogP contribution in [0.1, 0.15) is 49.0 Å². The number of hydrogen-bond acceptors (Lipinski definition) is 2. The number of benzene rings is 1. The van der Waals surface area contributed by atoms with Gasteiger partial charge in [0, 0.05) is 24.3 Å². The lowest BCUT2D eigenvalue weighted by atomic mass is 9.70. The minimum atomic E-state index is 0.0497. The van der Waals surface area contributed by atoms with Gasteiger partial charge in [0.25, 0.3) is 5.91 Å². The van der Waals surface area contributed by atoms with E-state index < -0.39 is 0 Å². The predicted octanol–water partition coefficient (Wildman–Crippen LogP) is 3.35. The molecule has 0 radical (unpaired) electrons. The number of nitrogens with one attached hydrogen (secondary N) is 2. The molecule has 1 aliphatic carbocycles. The van der Waals surface area contributed by atoms with Gasteiger partial charge in [-0.2, -0.15) is 0 Å². The molecule has 1 aromatic carbocycles. The highest BCUT2D eigenvalue weighted by Crippen LogP contribution is 2.39. The van der Waals surface area contributed by atoms with Gasteiger partial charge >= 0.3 is 0 Å². The Morgan fingerprint density at radius 3 is 2.63 bits per heavy atom. The van der Waals surface area contributed by atoms with E-state index in [1.807, 2.05) is 25.1 Å². The number of anilines is 1. The Morgan fingerprint density at radius 1 is 1.37 bits per heavy atom. The van der Waals surface area contributed by atoms with Crippen LogP contribution in [0.4, 0.5) is 5.69 Å². The van der Waals surface area contributed by atoms with Crippen LogP contribution in [0.3, 0.4) is 0 Å². The van der Waals surface area contributed by atoms with Crippen LogP contribution in [0.5, 0.6) is 0 Å². The van der Waals surface area contributed by atoms with E-state index in [0.29, 0.717) is 5.41 Å². The summed E-state index contributed by atoms with van der Waals surface area (Å²) >= 11 is 0. The molecule has 19 heavy (non-hydrogen) atoms. The first kappa shape index (κ1) is 13.9. The molecule has 1 fully saturated rings. The Labute approximate surface area is 115 Å². The van der Waals surface area contributed by atoms with E-state index in [0.717, 1.165) is 29.9 Å². The largest absolute Gasteiger partial charge is 0.385 e. The zero-order chi connectivity index (χ0) is 13.9. The highest BCUT2D eigenvalue weighted by atomic mass is 16.1. The molecular formula is C16H24N2O. The van der Waals surface area contributed by atoms with Crippen molar-refractivity contribution in [3.63, 3.8) is 0 Å². The smallest absolute Gasteiger partial charge is 0.251 e. The molecule has 2 N–H and O–H groups in total. The average Bonchev–Trinajstić information content (AvgIpc) is 2.34. The molecule has 0 bridgehead atoms. The molecule has 1 aliphatic rings. The van der Waals surface area contributed by atoms with Gasteiger partial charge in [0.15, 0.2) is 0 Å². The normalized spacial score (nSPS) is 16.6. The molecule has 0 aromatic heterocycles. The molecule has 0 heterocycles. The number of amides is 1. The van der Waals surface area contributed by atoms with Crippen LogP contribution < -0.4 is 10.6 Å². The third kappa shape index (κ3) is 3.28. The molecule has 3 nitrogen and oxygen atoms in total. The minimum absolute atomic E-state index is 0.0497. The van der Waals surface area contributed by atoms with Crippen molar-refractivity contribution in [1.29, 1.82) is 0 Å². The average molecular weight is 260 g/mol. The Kier molecular flexibility index (Phi) is 4.13. The lowest BCUT2D eigenvalue weighted by Crippen LogP contribution is -2.40. The summed E-state index contributed by atoms with van der Waals surface area (Å²) in [5.74, 6) is 0.0497. The van der Waals surface area contributed by atoms with E-state index in [1.54, 1.807) is 0 Å². The summed E-state index contributed by atoms with van der Waals surface area (Å²) in [5.41, 5.74) is 3.20. The van der Waals surface area contributed by atoms with Gasteiger partial charge in [-0.3, -0.25) is 4.79 Å². The van der Waals surface area contributed by atoms with Gasteiger partial charge in [0.2, 0.25) is 0 Å². The summed E-state index contributed by atoms with van der Waals surface area (Å²) in [6, 6.07) is 5.91. The molecule has 1 aromatic rings. The fourth-order valence-corrected chi connectivity index (χ4v) is 2.58. The second-order valence-electron chi connectivity index (χ2n) is 5.91. The summed E-state index contributed by atoms with van der Waals surface area (Å²) in [6.07, 6.45) is 3.75. The molecule has 0 unspecified atom stereocenters. The highest BCUT2D eigenvalue weighted by Gasteiger charge is 2.31. The van der Waals surface area contributed by atoms with Crippen LogP contribution in [-0.4, -0.2) is 19.0 Å². The first-order valence-corrected chi connectivity index (χ1v) is 7.17. The minimum Gasteiger partial charge on any atom is -0.385 e. The first-order chi connectivity index (χ1) is 9.04. The van der Waals surface area contributed by atoms with Crippen LogP contribution in [0.25, 0.3) is 0 Å². The summed E-state index contributed by atoms with van der Waals surface area (Å²) in [4.78, 5) is 12.2. The Bertz CT molecular complexity index is 464. The summed E-state index contributed by atoms with van der Waals surface area (Å²) < 4.78 is 0. The zero-order valence-corrected chi connectivity index (χ0v) is 12.2. The topological polar surface area (TPSA) is 41.1 Å². The number of aryl methyl sites for hydroxylation is 1. The molecule has 2 rings (SSSR count). The van der Waals surface area contributed by atoms with Crippen LogP contribution in [0, 0.1) is 12.3 Å². The summed E-state index contributed by atoms with van der Waals surface area (Å²) in [5, 5.41) is 6.33. The molecule has 104 valence electrons. The van der Waals surface area contributed by atoms with Crippen LogP contribution >= 0.6 is 0 Å². The van der Waals surface area contributed by atoms with E-state index in [9.17, 15) is 4.79 Å². The quantitative estimate of drug-likeness (QED) is 0.852. The maximum absolute atomic E-state index is 12.2. The molecule has 0 aliphatic heterocycles. The molecule has 1 saturated carbocycles. The van der Waals surface area contributed by atoms with Crippen LogP contribution in [-0.2, 0) is 0 Å². The lowest BCUT2D eigenvalue weighted by molar-refractivity contribution is 0.0890.